The van der Waals surface area contributed by atoms with E-state index in [0.717, 1.165) is 26.8 Å². The van der Waals surface area contributed by atoms with Gasteiger partial charge in [0.2, 0.25) is 0 Å². The molecule has 7 heteroatoms. The highest BCUT2D eigenvalue weighted by molar-refractivity contribution is 9.10. The number of anilines is 2. The number of para-hydroxylation sites is 1. The lowest BCUT2D eigenvalue weighted by atomic mass is 10.2. The Morgan fingerprint density at radius 2 is 1.86 bits per heavy atom. The minimum absolute atomic E-state index is 0.166. The average molecular weight is 454 g/mol. The van der Waals surface area contributed by atoms with Crippen molar-refractivity contribution < 1.29 is 4.79 Å². The summed E-state index contributed by atoms with van der Waals surface area (Å²) in [5.41, 5.74) is 8.74. The lowest BCUT2D eigenvalue weighted by Crippen LogP contribution is -2.16. The zero-order valence-electron chi connectivity index (χ0n) is 14.9. The molecule has 0 unspecified atom stereocenters. The van der Waals surface area contributed by atoms with Gasteiger partial charge in [-0.05, 0) is 42.8 Å². The minimum Gasteiger partial charge on any atom is -0.365 e. The fourth-order valence-corrected chi connectivity index (χ4v) is 4.52. The van der Waals surface area contributed by atoms with Crippen LogP contribution in [0.4, 0.5) is 11.4 Å². The van der Waals surface area contributed by atoms with E-state index in [1.54, 1.807) is 10.6 Å². The van der Waals surface area contributed by atoms with Crippen molar-refractivity contribution in [2.24, 2.45) is 5.73 Å². The summed E-state index contributed by atoms with van der Waals surface area (Å²) < 4.78 is 2.56. The van der Waals surface area contributed by atoms with Crippen LogP contribution in [0.15, 0.2) is 69.9 Å². The van der Waals surface area contributed by atoms with Gasteiger partial charge in [0.25, 0.3) is 11.5 Å². The van der Waals surface area contributed by atoms with Crippen LogP contribution in [0.2, 0.25) is 0 Å². The molecule has 3 N–H and O–H groups in total. The normalized spacial score (nSPS) is 10.9. The molecule has 2 aromatic carbocycles. The number of carbonyl (C=O) groups excluding carboxylic acids is 1. The van der Waals surface area contributed by atoms with E-state index in [1.165, 1.54) is 17.4 Å². The van der Waals surface area contributed by atoms with Gasteiger partial charge in [0, 0.05) is 21.6 Å². The third-order valence-electron chi connectivity index (χ3n) is 4.42. The summed E-state index contributed by atoms with van der Waals surface area (Å²) in [6, 6.07) is 18.4. The molecule has 0 aliphatic heterocycles. The number of fused-ring (bicyclic) bond motifs is 1. The lowest BCUT2D eigenvalue weighted by molar-refractivity contribution is 0.100. The summed E-state index contributed by atoms with van der Waals surface area (Å²) in [7, 11) is 0. The number of nitrogens with one attached hydrogen (secondary N) is 1. The fraction of sp³-hybridized carbons (Fsp3) is 0.0476. The van der Waals surface area contributed by atoms with Gasteiger partial charge in [-0.15, -0.1) is 11.3 Å². The van der Waals surface area contributed by atoms with E-state index in [-0.39, 0.29) is 5.56 Å². The molecule has 5 nitrogen and oxygen atoms in total. The summed E-state index contributed by atoms with van der Waals surface area (Å²) in [5, 5.41) is 4.07. The number of amides is 1. The van der Waals surface area contributed by atoms with E-state index in [4.69, 9.17) is 5.73 Å². The number of hydrogen-bond donors (Lipinski definition) is 2. The van der Waals surface area contributed by atoms with Gasteiger partial charge >= 0.3 is 0 Å². The molecule has 4 rings (SSSR count). The molecule has 0 radical (unpaired) electrons. The van der Waals surface area contributed by atoms with Crippen LogP contribution in [0, 0.1) is 6.92 Å². The molecular weight excluding hydrogens is 438 g/mol. The molecule has 0 aliphatic rings. The standard InChI is InChI=1S/C21H16BrN3O2S/c1-12-7-8-13(11-16(12)22)24-18-15-9-10-17(26)25(14-5-3-2-4-6-14)21(15)28-19(18)20(23)27/h2-11,24H,1H3,(H2,23,27). The molecule has 4 aromatic rings. The van der Waals surface area contributed by atoms with Crippen LogP contribution in [0.25, 0.3) is 15.9 Å². The van der Waals surface area contributed by atoms with Crippen molar-refractivity contribution in [2.45, 2.75) is 6.92 Å². The summed E-state index contributed by atoms with van der Waals surface area (Å²) >= 11 is 4.73. The summed E-state index contributed by atoms with van der Waals surface area (Å²) in [6.07, 6.45) is 0. The smallest absolute Gasteiger partial charge is 0.261 e. The summed E-state index contributed by atoms with van der Waals surface area (Å²) in [6.45, 7) is 2.00. The number of benzene rings is 2. The van der Waals surface area contributed by atoms with E-state index >= 15 is 0 Å². The highest BCUT2D eigenvalue weighted by Crippen LogP contribution is 2.38. The Morgan fingerprint density at radius 3 is 2.54 bits per heavy atom. The van der Waals surface area contributed by atoms with Crippen molar-refractivity contribution in [2.75, 3.05) is 5.32 Å². The number of nitrogens with zero attached hydrogens (tertiary/aromatic N) is 1. The van der Waals surface area contributed by atoms with Crippen LogP contribution in [-0.2, 0) is 0 Å². The number of hydrogen-bond acceptors (Lipinski definition) is 4. The second-order valence-electron chi connectivity index (χ2n) is 6.32. The lowest BCUT2D eigenvalue weighted by Gasteiger charge is -2.10. The first-order chi connectivity index (χ1) is 13.5. The van der Waals surface area contributed by atoms with Crippen molar-refractivity contribution in [3.8, 4) is 5.69 Å². The van der Waals surface area contributed by atoms with Crippen LogP contribution >= 0.6 is 27.3 Å². The number of halogens is 1. The van der Waals surface area contributed by atoms with Gasteiger partial charge in [-0.2, -0.15) is 0 Å². The van der Waals surface area contributed by atoms with Gasteiger partial charge in [-0.25, -0.2) is 0 Å². The Hall–Kier alpha value is -2.90. The van der Waals surface area contributed by atoms with Crippen LogP contribution in [0.3, 0.4) is 0 Å². The molecule has 0 spiro atoms. The second-order valence-corrected chi connectivity index (χ2v) is 8.17. The number of aryl methyl sites for hydroxylation is 1. The van der Waals surface area contributed by atoms with Crippen molar-refractivity contribution in [3.63, 3.8) is 0 Å². The molecule has 0 aliphatic carbocycles. The highest BCUT2D eigenvalue weighted by Gasteiger charge is 2.20. The van der Waals surface area contributed by atoms with Gasteiger partial charge in [-0.3, -0.25) is 14.2 Å². The van der Waals surface area contributed by atoms with Crippen LogP contribution in [0.5, 0.6) is 0 Å². The minimum atomic E-state index is -0.540. The number of thiophene rings is 1. The van der Waals surface area contributed by atoms with Crippen LogP contribution in [-0.4, -0.2) is 10.5 Å². The first-order valence-electron chi connectivity index (χ1n) is 8.52. The molecule has 28 heavy (non-hydrogen) atoms. The van der Waals surface area contributed by atoms with Gasteiger partial charge in [-0.1, -0.05) is 40.2 Å². The molecule has 0 saturated carbocycles. The zero-order valence-corrected chi connectivity index (χ0v) is 17.3. The van der Waals surface area contributed by atoms with Crippen LogP contribution in [0.1, 0.15) is 15.2 Å². The van der Waals surface area contributed by atoms with E-state index in [1.807, 2.05) is 55.5 Å². The van der Waals surface area contributed by atoms with E-state index in [9.17, 15) is 9.59 Å². The molecule has 2 aromatic heterocycles. The van der Waals surface area contributed by atoms with Gasteiger partial charge in [0.15, 0.2) is 0 Å². The molecular formula is C21H16BrN3O2S. The van der Waals surface area contributed by atoms with Gasteiger partial charge in [0.05, 0.1) is 11.4 Å². The first-order valence-corrected chi connectivity index (χ1v) is 10.1. The Kier molecular flexibility index (Phi) is 4.78. The number of primary amides is 1. The van der Waals surface area contributed by atoms with Crippen LogP contribution < -0.4 is 16.6 Å². The Labute approximate surface area is 173 Å². The average Bonchev–Trinajstić information content (AvgIpc) is 3.04. The number of pyridine rings is 1. The van der Waals surface area contributed by atoms with E-state index in [0.29, 0.717) is 15.4 Å². The number of carbonyl (C=O) groups is 1. The topological polar surface area (TPSA) is 77.1 Å². The first kappa shape index (κ1) is 18.5. The van der Waals surface area contributed by atoms with Crippen molar-refractivity contribution in [1.82, 2.24) is 4.57 Å². The second kappa shape index (κ2) is 7.26. The number of aromatic nitrogens is 1. The molecule has 2 heterocycles. The monoisotopic (exact) mass is 453 g/mol. The maximum Gasteiger partial charge on any atom is 0.261 e. The van der Waals surface area contributed by atoms with Gasteiger partial charge < -0.3 is 11.1 Å². The SMILES string of the molecule is Cc1ccc(Nc2c(C(N)=O)sc3c2ccc(=O)n3-c2ccccc2)cc1Br. The van der Waals surface area contributed by atoms with Crippen molar-refractivity contribution in [3.05, 3.63) is 85.9 Å². The number of nitrogens with two attached hydrogens (primary N) is 1. The molecule has 0 bridgehead atoms. The van der Waals surface area contributed by atoms with Gasteiger partial charge in [0.1, 0.15) is 9.71 Å². The predicted molar refractivity (Wildman–Crippen MR) is 118 cm³/mol. The fourth-order valence-electron chi connectivity index (χ4n) is 3.02. The van der Waals surface area contributed by atoms with Crippen molar-refractivity contribution >= 4 is 54.8 Å². The molecule has 0 atom stereocenters. The zero-order chi connectivity index (χ0) is 19.8. The molecule has 0 fully saturated rings. The molecule has 140 valence electrons. The molecule has 0 saturated heterocycles. The third-order valence-corrected chi connectivity index (χ3v) is 6.48. The Balaban J connectivity index is 1.96. The van der Waals surface area contributed by atoms with Crippen molar-refractivity contribution in [1.29, 1.82) is 0 Å². The van der Waals surface area contributed by atoms with E-state index < -0.39 is 5.91 Å². The Bertz CT molecular complexity index is 1260. The Morgan fingerprint density at radius 1 is 1.11 bits per heavy atom. The number of rotatable bonds is 4. The maximum absolute atomic E-state index is 12.6. The third kappa shape index (κ3) is 3.23. The largest absolute Gasteiger partial charge is 0.365 e. The maximum atomic E-state index is 12.6. The quantitative estimate of drug-likeness (QED) is 0.457. The highest BCUT2D eigenvalue weighted by atomic mass is 79.9. The van der Waals surface area contributed by atoms with E-state index in [2.05, 4.69) is 21.2 Å². The molecule has 1 amide bonds. The summed E-state index contributed by atoms with van der Waals surface area (Å²) in [5.74, 6) is -0.540. The predicted octanol–water partition coefficient (Wildman–Crippen LogP) is 4.97. The summed E-state index contributed by atoms with van der Waals surface area (Å²) in [4.78, 5) is 25.8.